The summed E-state index contributed by atoms with van der Waals surface area (Å²) in [5.41, 5.74) is 0.681. The molecule has 0 spiro atoms. The summed E-state index contributed by atoms with van der Waals surface area (Å²) in [5, 5.41) is 9.83. The molecule has 1 aromatic rings. The van der Waals surface area contributed by atoms with Crippen molar-refractivity contribution in [2.24, 2.45) is 11.3 Å². The molecule has 0 radical (unpaired) electrons. The summed E-state index contributed by atoms with van der Waals surface area (Å²) >= 11 is 0. The second-order valence-corrected chi connectivity index (χ2v) is 6.11. The number of aliphatic hydroxyl groups is 1. The molecule has 3 nitrogen and oxygen atoms in total. The van der Waals surface area contributed by atoms with Crippen molar-refractivity contribution in [3.8, 4) is 11.8 Å². The first-order valence-corrected chi connectivity index (χ1v) is 6.98. The van der Waals surface area contributed by atoms with Crippen LogP contribution in [0.3, 0.4) is 0 Å². The van der Waals surface area contributed by atoms with Gasteiger partial charge in [-0.1, -0.05) is 19.8 Å². The molecule has 0 unspecified atom stereocenters. The van der Waals surface area contributed by atoms with Gasteiger partial charge < -0.3 is 11.5 Å². The normalized spacial score (nSPS) is 11.5. The number of aromatic nitrogens is 2. The van der Waals surface area contributed by atoms with E-state index >= 15 is 0 Å². The van der Waals surface area contributed by atoms with Crippen LogP contribution >= 0.6 is 0 Å². The maximum Gasteiger partial charge on any atom is 0.204 e. The van der Waals surface area contributed by atoms with E-state index in [1.807, 2.05) is 54.9 Å². The molecule has 0 saturated heterocycles. The predicted molar refractivity (Wildman–Crippen MR) is 83.8 cm³/mol. The Morgan fingerprint density at radius 2 is 1.57 bits per heavy atom. The average molecular weight is 341 g/mol. The molecule has 1 aromatic heterocycles. The molecule has 0 amide bonds. The van der Waals surface area contributed by atoms with Gasteiger partial charge in [0.15, 0.2) is 0 Å². The van der Waals surface area contributed by atoms with E-state index in [1.165, 1.54) is 0 Å². The van der Waals surface area contributed by atoms with E-state index < -0.39 is 6.10 Å². The van der Waals surface area contributed by atoms with Crippen molar-refractivity contribution in [2.75, 3.05) is 0 Å². The van der Waals surface area contributed by atoms with E-state index in [0.717, 1.165) is 5.56 Å². The molecular formula is C17H27N2OZn-. The number of hydrogen-bond donors (Lipinski definition) is 1. The van der Waals surface area contributed by atoms with Crippen LogP contribution in [0.15, 0.2) is 12.4 Å². The van der Waals surface area contributed by atoms with E-state index in [-0.39, 0.29) is 30.8 Å². The van der Waals surface area contributed by atoms with Crippen LogP contribution in [0.2, 0.25) is 0 Å². The number of aliphatic hydroxyl groups excluding tert-OH is 1. The summed E-state index contributed by atoms with van der Waals surface area (Å²) in [6, 6.07) is 0. The SMILES string of the molecule is CC(C)[C@@H](O)c1cnc(C#CC(C)(C)C)nc1.C[CH-]C.[Zn]. The van der Waals surface area contributed by atoms with Crippen LogP contribution in [-0.2, 0) is 19.5 Å². The smallest absolute Gasteiger partial charge is 0.204 e. The molecule has 0 saturated carbocycles. The first kappa shape index (κ1) is 22.5. The summed E-state index contributed by atoms with van der Waals surface area (Å²) in [6.45, 7) is 14.0. The summed E-state index contributed by atoms with van der Waals surface area (Å²) < 4.78 is 0. The van der Waals surface area contributed by atoms with E-state index in [0.29, 0.717) is 5.82 Å². The second kappa shape index (κ2) is 10.9. The molecule has 0 bridgehead atoms. The molecule has 0 aliphatic heterocycles. The van der Waals surface area contributed by atoms with Crippen molar-refractivity contribution in [1.82, 2.24) is 9.97 Å². The van der Waals surface area contributed by atoms with Crippen molar-refractivity contribution in [3.63, 3.8) is 0 Å². The summed E-state index contributed by atoms with van der Waals surface area (Å²) in [7, 11) is 0. The molecule has 1 rings (SSSR count). The van der Waals surface area contributed by atoms with Crippen molar-refractivity contribution >= 4 is 0 Å². The Kier molecular flexibility index (Phi) is 11.7. The van der Waals surface area contributed by atoms with Gasteiger partial charge in [0, 0.05) is 42.9 Å². The van der Waals surface area contributed by atoms with E-state index in [2.05, 4.69) is 21.8 Å². The summed E-state index contributed by atoms with van der Waals surface area (Å²) in [5.74, 6) is 6.66. The maximum atomic E-state index is 9.83. The number of rotatable bonds is 2. The molecule has 1 atom stereocenters. The van der Waals surface area contributed by atoms with Crippen LogP contribution < -0.4 is 0 Å². The van der Waals surface area contributed by atoms with Gasteiger partial charge in [-0.25, -0.2) is 9.97 Å². The topological polar surface area (TPSA) is 46.0 Å². The van der Waals surface area contributed by atoms with Crippen LogP contribution in [0.4, 0.5) is 0 Å². The van der Waals surface area contributed by atoms with Gasteiger partial charge in [-0.3, -0.25) is 0 Å². The fourth-order valence-corrected chi connectivity index (χ4v) is 1.18. The van der Waals surface area contributed by atoms with Gasteiger partial charge in [-0.15, -0.1) is 0 Å². The van der Waals surface area contributed by atoms with E-state index in [1.54, 1.807) is 12.4 Å². The van der Waals surface area contributed by atoms with Crippen molar-refractivity contribution < 1.29 is 24.6 Å². The Labute approximate surface area is 142 Å². The maximum absolute atomic E-state index is 9.83. The van der Waals surface area contributed by atoms with Gasteiger partial charge in [0.2, 0.25) is 5.82 Å². The third-order valence-electron chi connectivity index (χ3n) is 2.19. The monoisotopic (exact) mass is 339 g/mol. The summed E-state index contributed by atoms with van der Waals surface area (Å²) in [4.78, 5) is 8.28. The molecule has 21 heavy (non-hydrogen) atoms. The third-order valence-corrected chi connectivity index (χ3v) is 2.19. The fraction of sp³-hybridized carbons (Fsp3) is 0.588. The van der Waals surface area contributed by atoms with E-state index in [4.69, 9.17) is 0 Å². The minimum Gasteiger partial charge on any atom is -0.388 e. The van der Waals surface area contributed by atoms with Crippen LogP contribution in [0.5, 0.6) is 0 Å². The largest absolute Gasteiger partial charge is 0.388 e. The first-order chi connectivity index (χ1) is 9.21. The van der Waals surface area contributed by atoms with Gasteiger partial charge in [0.1, 0.15) is 0 Å². The number of hydrogen-bond acceptors (Lipinski definition) is 3. The van der Waals surface area contributed by atoms with Crippen molar-refractivity contribution in [3.05, 3.63) is 30.2 Å². The van der Waals surface area contributed by atoms with Gasteiger partial charge in [-0.05, 0) is 32.6 Å². The van der Waals surface area contributed by atoms with Crippen molar-refractivity contribution in [1.29, 1.82) is 0 Å². The van der Waals surface area contributed by atoms with Crippen LogP contribution in [0.25, 0.3) is 0 Å². The minimum atomic E-state index is -0.514. The van der Waals surface area contributed by atoms with Gasteiger partial charge in [-0.2, -0.15) is 13.8 Å². The van der Waals surface area contributed by atoms with Crippen LogP contribution in [0, 0.1) is 29.6 Å². The predicted octanol–water partition coefficient (Wildman–Crippen LogP) is 3.79. The van der Waals surface area contributed by atoms with Crippen LogP contribution in [-0.4, -0.2) is 15.1 Å². The Balaban J connectivity index is 0. The Hall–Kier alpha value is -0.777. The third kappa shape index (κ3) is 10.6. The molecule has 4 heteroatoms. The molecule has 1 heterocycles. The second-order valence-electron chi connectivity index (χ2n) is 6.11. The van der Waals surface area contributed by atoms with Gasteiger partial charge in [0.25, 0.3) is 0 Å². The summed E-state index contributed by atoms with van der Waals surface area (Å²) in [6.07, 6.45) is 4.77. The zero-order valence-electron chi connectivity index (χ0n) is 14.4. The van der Waals surface area contributed by atoms with Crippen LogP contribution in [0.1, 0.15) is 66.0 Å². The molecule has 114 valence electrons. The van der Waals surface area contributed by atoms with Gasteiger partial charge >= 0.3 is 0 Å². The molecule has 0 aromatic carbocycles. The van der Waals surface area contributed by atoms with Crippen molar-refractivity contribution in [2.45, 2.75) is 54.6 Å². The van der Waals surface area contributed by atoms with Gasteiger partial charge in [0.05, 0.1) is 6.10 Å². The molecule has 0 aliphatic rings. The fourth-order valence-electron chi connectivity index (χ4n) is 1.18. The molecule has 0 aliphatic carbocycles. The Morgan fingerprint density at radius 1 is 1.14 bits per heavy atom. The molecule has 1 N–H and O–H groups in total. The standard InChI is InChI=1S/C14H20N2O.C3H7.Zn/c1-10(2)13(17)11-8-15-12(16-9-11)6-7-14(3,4)5;1-3-2;/h8-10,13,17H,1-5H3;3H,1-2H3;/q;-1;/t13-;;/m1../s1. The zero-order chi connectivity index (χ0) is 15.8. The minimum absolute atomic E-state index is 0. The first-order valence-electron chi connectivity index (χ1n) is 6.98. The Bertz CT molecular complexity index is 439. The molecular weight excluding hydrogens is 314 g/mol. The quantitative estimate of drug-likeness (QED) is 0.506. The average Bonchev–Trinajstić information content (AvgIpc) is 2.36. The zero-order valence-corrected chi connectivity index (χ0v) is 17.4. The molecule has 0 fully saturated rings. The van der Waals surface area contributed by atoms with E-state index in [9.17, 15) is 5.11 Å². The Morgan fingerprint density at radius 3 is 1.90 bits per heavy atom. The number of nitrogens with zero attached hydrogens (tertiary/aromatic N) is 2.